The summed E-state index contributed by atoms with van der Waals surface area (Å²) in [5, 5.41) is 4.09. The number of carbonyl (C=O) groups excluding carboxylic acids is 2. The molecule has 0 radical (unpaired) electrons. The Morgan fingerprint density at radius 2 is 1.76 bits per heavy atom. The van der Waals surface area contributed by atoms with E-state index in [1.165, 1.54) is 23.0 Å². The second-order valence-electron chi connectivity index (χ2n) is 8.66. The minimum atomic E-state index is -0.343. The molecule has 2 heterocycles. The molecule has 2 aromatic carbocycles. The largest absolute Gasteiger partial charge is 0.494 e. The number of aromatic nitrogens is 1. The molecule has 0 spiro atoms. The smallest absolute Gasteiger partial charge is 0.265 e. The van der Waals surface area contributed by atoms with Gasteiger partial charge in [-0.15, -0.1) is 11.3 Å². The number of benzene rings is 2. The molecule has 1 amide bonds. The molecule has 6 nitrogen and oxygen atoms in total. The van der Waals surface area contributed by atoms with Crippen LogP contribution >= 0.6 is 11.3 Å². The highest BCUT2D eigenvalue weighted by Crippen LogP contribution is 2.39. The number of nitrogens with zero attached hydrogens (tertiary/aromatic N) is 1. The van der Waals surface area contributed by atoms with Gasteiger partial charge in [-0.2, -0.15) is 0 Å². The lowest BCUT2D eigenvalue weighted by molar-refractivity contribution is 0.0950. The van der Waals surface area contributed by atoms with Gasteiger partial charge in [-0.05, 0) is 24.8 Å². The fourth-order valence-corrected chi connectivity index (χ4v) is 5.31. The van der Waals surface area contributed by atoms with Gasteiger partial charge in [0.15, 0.2) is 11.5 Å². The molecule has 0 bridgehead atoms. The molecule has 0 aliphatic rings. The van der Waals surface area contributed by atoms with E-state index >= 15 is 0 Å². The van der Waals surface area contributed by atoms with E-state index in [-0.39, 0.29) is 29.5 Å². The lowest BCUT2D eigenvalue weighted by atomic mass is 10.1. The van der Waals surface area contributed by atoms with Gasteiger partial charge in [0.25, 0.3) is 11.5 Å². The van der Waals surface area contributed by atoms with Crippen LogP contribution in [0.3, 0.4) is 0 Å². The fraction of sp³-hybridized carbons (Fsp3) is 0.296. The van der Waals surface area contributed by atoms with Crippen LogP contribution in [0.2, 0.25) is 0 Å². The van der Waals surface area contributed by atoms with Crippen molar-refractivity contribution in [3.63, 3.8) is 0 Å². The number of nitrogens with one attached hydrogen (secondary N) is 1. The van der Waals surface area contributed by atoms with Gasteiger partial charge in [-0.1, -0.05) is 62.4 Å². The highest BCUT2D eigenvalue weighted by atomic mass is 32.1. The number of amides is 1. The van der Waals surface area contributed by atoms with E-state index in [0.29, 0.717) is 38.5 Å². The van der Waals surface area contributed by atoms with E-state index in [9.17, 15) is 14.4 Å². The summed E-state index contributed by atoms with van der Waals surface area (Å²) in [6.07, 6.45) is 1.91. The Bertz CT molecular complexity index is 1400. The summed E-state index contributed by atoms with van der Waals surface area (Å²) in [6.45, 7) is 4.75. The number of ether oxygens (including phenoxy) is 1. The first-order valence-corrected chi connectivity index (χ1v) is 12.2. The monoisotopic (exact) mass is 476 g/mol. The molecule has 4 aromatic rings. The highest BCUT2D eigenvalue weighted by Gasteiger charge is 2.25. The Kier molecular flexibility index (Phi) is 7.12. The molecule has 4 rings (SSSR count). The van der Waals surface area contributed by atoms with Crippen LogP contribution in [0.4, 0.5) is 0 Å². The van der Waals surface area contributed by atoms with Gasteiger partial charge in [0.2, 0.25) is 0 Å². The number of methoxy groups -OCH3 is 1. The van der Waals surface area contributed by atoms with E-state index in [1.807, 2.05) is 30.3 Å². The van der Waals surface area contributed by atoms with Crippen LogP contribution in [0.25, 0.3) is 21.0 Å². The molecule has 0 saturated heterocycles. The quantitative estimate of drug-likeness (QED) is 0.264. The summed E-state index contributed by atoms with van der Waals surface area (Å²) in [6, 6.07) is 16.4. The molecule has 0 saturated carbocycles. The van der Waals surface area contributed by atoms with Gasteiger partial charge in [-0.25, -0.2) is 0 Å². The first-order valence-electron chi connectivity index (χ1n) is 11.4. The minimum Gasteiger partial charge on any atom is -0.494 e. The van der Waals surface area contributed by atoms with Crippen LogP contribution < -0.4 is 15.6 Å². The van der Waals surface area contributed by atoms with Crippen molar-refractivity contribution in [1.29, 1.82) is 0 Å². The molecule has 0 atom stereocenters. The summed E-state index contributed by atoms with van der Waals surface area (Å²) < 4.78 is 7.76. The zero-order valence-corrected chi connectivity index (χ0v) is 20.4. The number of thiophene rings is 1. The average Bonchev–Trinajstić information content (AvgIpc) is 3.25. The number of carbonyl (C=O) groups is 2. The highest BCUT2D eigenvalue weighted by molar-refractivity contribution is 7.22. The molecule has 0 aliphatic heterocycles. The molecule has 7 heteroatoms. The lowest BCUT2D eigenvalue weighted by Gasteiger charge is -2.11. The van der Waals surface area contributed by atoms with Crippen LogP contribution in [0.1, 0.15) is 46.7 Å². The number of para-hydroxylation sites is 1. The lowest BCUT2D eigenvalue weighted by Crippen LogP contribution is -2.25. The van der Waals surface area contributed by atoms with Crippen LogP contribution in [0, 0.1) is 5.92 Å². The molecule has 34 heavy (non-hydrogen) atoms. The molecule has 0 unspecified atom stereocenters. The van der Waals surface area contributed by atoms with Crippen molar-refractivity contribution in [2.75, 3.05) is 13.7 Å². The van der Waals surface area contributed by atoms with E-state index in [1.54, 1.807) is 24.3 Å². The van der Waals surface area contributed by atoms with Crippen molar-refractivity contribution in [2.24, 2.45) is 5.92 Å². The maximum absolute atomic E-state index is 13.7. The molecule has 0 aliphatic carbocycles. The fourth-order valence-electron chi connectivity index (χ4n) is 4.10. The standard InChI is InChI=1S/C27H28N2O4S/c1-17(2)10-9-15-28-26(31)25-23(33-3)22-24(34-25)19-13-7-8-14-20(19)29(27(22)32)16-21(30)18-11-5-4-6-12-18/h4-8,11-14,17H,9-10,15-16H2,1-3H3,(H,28,31). The van der Waals surface area contributed by atoms with E-state index in [4.69, 9.17) is 4.74 Å². The Morgan fingerprint density at radius 1 is 1.06 bits per heavy atom. The van der Waals surface area contributed by atoms with Crippen molar-refractivity contribution >= 4 is 44.0 Å². The number of Topliss-reactive ketones (excluding diaryl/α,β-unsaturated/α-hetero) is 1. The van der Waals surface area contributed by atoms with Crippen LogP contribution in [0.5, 0.6) is 5.75 Å². The van der Waals surface area contributed by atoms with Gasteiger partial charge >= 0.3 is 0 Å². The summed E-state index contributed by atoms with van der Waals surface area (Å²) in [7, 11) is 1.46. The van der Waals surface area contributed by atoms with Crippen molar-refractivity contribution < 1.29 is 14.3 Å². The first-order chi connectivity index (χ1) is 16.4. The zero-order valence-electron chi connectivity index (χ0n) is 19.6. The van der Waals surface area contributed by atoms with Crippen molar-refractivity contribution in [3.8, 4) is 5.75 Å². The Labute approximate surface area is 202 Å². The molecular weight excluding hydrogens is 448 g/mol. The SMILES string of the molecule is COc1c(C(=O)NCCCC(C)C)sc2c1c(=O)n(CC(=O)c1ccccc1)c1ccccc21. The molecule has 0 fully saturated rings. The van der Waals surface area contributed by atoms with Crippen LogP contribution in [-0.2, 0) is 6.54 Å². The molecule has 1 N–H and O–H groups in total. The molecule has 176 valence electrons. The number of ketones is 1. The van der Waals surface area contributed by atoms with E-state index in [0.717, 1.165) is 18.2 Å². The van der Waals surface area contributed by atoms with Crippen LogP contribution in [-0.4, -0.2) is 29.9 Å². The number of rotatable bonds is 9. The van der Waals surface area contributed by atoms with E-state index < -0.39 is 0 Å². The van der Waals surface area contributed by atoms with Gasteiger partial charge in [-0.3, -0.25) is 19.0 Å². The third-order valence-electron chi connectivity index (χ3n) is 5.81. The first kappa shape index (κ1) is 23.7. The number of pyridine rings is 1. The number of hydrogen-bond donors (Lipinski definition) is 1. The Hall–Kier alpha value is -3.45. The average molecular weight is 477 g/mol. The minimum absolute atomic E-state index is 0.102. The van der Waals surface area contributed by atoms with Gasteiger partial charge < -0.3 is 10.1 Å². The predicted octanol–water partition coefficient (Wildman–Crippen LogP) is 5.27. The topological polar surface area (TPSA) is 77.4 Å². The summed E-state index contributed by atoms with van der Waals surface area (Å²) in [4.78, 5) is 40.0. The Balaban J connectivity index is 1.80. The van der Waals surface area contributed by atoms with Gasteiger partial charge in [0.1, 0.15) is 10.3 Å². The van der Waals surface area contributed by atoms with Gasteiger partial charge in [0.05, 0.1) is 23.9 Å². The summed E-state index contributed by atoms with van der Waals surface area (Å²) >= 11 is 1.25. The van der Waals surface area contributed by atoms with Crippen molar-refractivity contribution in [2.45, 2.75) is 33.2 Å². The number of fused-ring (bicyclic) bond motifs is 3. The third-order valence-corrected chi connectivity index (χ3v) is 7.02. The number of hydrogen-bond acceptors (Lipinski definition) is 5. The predicted molar refractivity (Wildman–Crippen MR) is 137 cm³/mol. The van der Waals surface area contributed by atoms with Crippen molar-refractivity contribution in [1.82, 2.24) is 9.88 Å². The molecule has 2 aromatic heterocycles. The zero-order chi connectivity index (χ0) is 24.2. The normalized spacial score (nSPS) is 11.3. The third kappa shape index (κ3) is 4.61. The second-order valence-corrected chi connectivity index (χ2v) is 9.68. The Morgan fingerprint density at radius 3 is 2.47 bits per heavy atom. The van der Waals surface area contributed by atoms with Crippen molar-refractivity contribution in [3.05, 3.63) is 75.4 Å². The summed E-state index contributed by atoms with van der Waals surface area (Å²) in [5.41, 5.74) is 0.847. The van der Waals surface area contributed by atoms with E-state index in [2.05, 4.69) is 19.2 Å². The second kappa shape index (κ2) is 10.2. The van der Waals surface area contributed by atoms with Crippen LogP contribution in [0.15, 0.2) is 59.4 Å². The summed E-state index contributed by atoms with van der Waals surface area (Å²) in [5.74, 6) is 0.416. The maximum Gasteiger partial charge on any atom is 0.265 e. The van der Waals surface area contributed by atoms with Gasteiger partial charge in [0, 0.05) is 17.5 Å². The maximum atomic E-state index is 13.7. The molecular formula is C27H28N2O4S.